The van der Waals surface area contributed by atoms with Gasteiger partial charge in [0.1, 0.15) is 5.82 Å². The van der Waals surface area contributed by atoms with Crippen LogP contribution in [0.4, 0.5) is 4.39 Å². The first kappa shape index (κ1) is 19.9. The number of rotatable bonds is 4. The predicted octanol–water partition coefficient (Wildman–Crippen LogP) is 3.45. The topological polar surface area (TPSA) is 45.7 Å². The average molecular weight is 473 g/mol. The molecule has 1 heterocycles. The molecule has 0 amide bonds. The van der Waals surface area contributed by atoms with Gasteiger partial charge < -0.3 is 15.4 Å². The van der Waals surface area contributed by atoms with Crippen LogP contribution in [0.1, 0.15) is 38.7 Å². The lowest BCUT2D eigenvalue weighted by Gasteiger charge is -2.55. The van der Waals surface area contributed by atoms with Gasteiger partial charge in [-0.25, -0.2) is 4.39 Å². The van der Waals surface area contributed by atoms with Crippen molar-refractivity contribution in [3.05, 3.63) is 35.6 Å². The van der Waals surface area contributed by atoms with Crippen LogP contribution in [0.5, 0.6) is 0 Å². The van der Waals surface area contributed by atoms with Crippen molar-refractivity contribution < 1.29 is 9.13 Å². The van der Waals surface area contributed by atoms with Crippen LogP contribution in [0.3, 0.4) is 0 Å². The number of nitrogens with zero attached hydrogens (tertiary/aromatic N) is 1. The number of halogens is 2. The molecule has 3 atom stereocenters. The maximum atomic E-state index is 14.2. The standard InChI is InChI=1S/C20H28FN3O.HI/c1-19(2)16(13-8-11-25-17(13)19)24-18(22-3)23-12-20(9-10-20)14-6-4-5-7-15(14)21;/h4-7,13,16-17H,8-12H2,1-3H3,(H2,22,23,24);1H. The number of hydrogen-bond acceptors (Lipinski definition) is 2. The molecule has 1 aromatic carbocycles. The first-order valence-corrected chi connectivity index (χ1v) is 9.32. The molecule has 0 spiro atoms. The zero-order valence-corrected chi connectivity index (χ0v) is 18.0. The minimum absolute atomic E-state index is 0. The van der Waals surface area contributed by atoms with E-state index >= 15 is 0 Å². The molecule has 3 fully saturated rings. The van der Waals surface area contributed by atoms with Crippen molar-refractivity contribution >= 4 is 29.9 Å². The predicted molar refractivity (Wildman–Crippen MR) is 113 cm³/mol. The van der Waals surface area contributed by atoms with Crippen molar-refractivity contribution in [2.75, 3.05) is 20.2 Å². The molecule has 4 nitrogen and oxygen atoms in total. The van der Waals surface area contributed by atoms with Crippen LogP contribution in [0.15, 0.2) is 29.3 Å². The van der Waals surface area contributed by atoms with Gasteiger partial charge in [-0.05, 0) is 30.9 Å². The van der Waals surface area contributed by atoms with Gasteiger partial charge in [-0.3, -0.25) is 4.99 Å². The minimum atomic E-state index is -0.101. The molecule has 0 bridgehead atoms. The highest BCUT2D eigenvalue weighted by Gasteiger charge is 2.59. The van der Waals surface area contributed by atoms with Crippen molar-refractivity contribution in [3.63, 3.8) is 0 Å². The van der Waals surface area contributed by atoms with E-state index in [1.165, 1.54) is 0 Å². The Bertz CT molecular complexity index is 689. The molecule has 1 aromatic rings. The third kappa shape index (κ3) is 3.23. The fourth-order valence-corrected chi connectivity index (χ4v) is 4.80. The van der Waals surface area contributed by atoms with Crippen LogP contribution in [-0.2, 0) is 10.2 Å². The summed E-state index contributed by atoms with van der Waals surface area (Å²) >= 11 is 0. The number of fused-ring (bicyclic) bond motifs is 1. The number of ether oxygens (including phenoxy) is 1. The normalized spacial score (nSPS) is 30.6. The van der Waals surface area contributed by atoms with Gasteiger partial charge >= 0.3 is 0 Å². The third-order valence-electron chi connectivity index (χ3n) is 6.51. The number of aliphatic imine (C=N–C) groups is 1. The molecule has 0 aromatic heterocycles. The van der Waals surface area contributed by atoms with Crippen molar-refractivity contribution in [1.29, 1.82) is 0 Å². The molecule has 1 aliphatic heterocycles. The average Bonchev–Trinajstić information content (AvgIpc) is 3.24. The summed E-state index contributed by atoms with van der Waals surface area (Å²) in [5, 5.41) is 7.04. The fraction of sp³-hybridized carbons (Fsp3) is 0.650. The van der Waals surface area contributed by atoms with E-state index in [0.29, 0.717) is 24.6 Å². The van der Waals surface area contributed by atoms with Gasteiger partial charge in [-0.1, -0.05) is 32.0 Å². The summed E-state index contributed by atoms with van der Waals surface area (Å²) in [5.74, 6) is 1.27. The van der Waals surface area contributed by atoms with E-state index in [9.17, 15) is 4.39 Å². The fourth-order valence-electron chi connectivity index (χ4n) is 4.80. The molecule has 6 heteroatoms. The zero-order valence-electron chi connectivity index (χ0n) is 15.7. The minimum Gasteiger partial charge on any atom is -0.377 e. The SMILES string of the molecule is CN=C(NCC1(c2ccccc2F)CC1)NC1C2CCOC2C1(C)C.I. The molecule has 144 valence electrons. The molecule has 2 aliphatic carbocycles. The molecular formula is C20H29FIN3O. The summed E-state index contributed by atoms with van der Waals surface area (Å²) in [5.41, 5.74) is 0.852. The summed E-state index contributed by atoms with van der Waals surface area (Å²) in [6, 6.07) is 7.51. The maximum Gasteiger partial charge on any atom is 0.191 e. The highest BCUT2D eigenvalue weighted by Crippen LogP contribution is 2.52. The van der Waals surface area contributed by atoms with Gasteiger partial charge in [-0.2, -0.15) is 0 Å². The van der Waals surface area contributed by atoms with E-state index in [1.807, 2.05) is 12.1 Å². The Labute approximate surface area is 172 Å². The van der Waals surface area contributed by atoms with Gasteiger partial charge in [0.15, 0.2) is 5.96 Å². The Morgan fingerprint density at radius 1 is 1.31 bits per heavy atom. The molecule has 0 radical (unpaired) electrons. The van der Waals surface area contributed by atoms with E-state index in [-0.39, 0.29) is 40.6 Å². The Hall–Kier alpha value is -0.890. The lowest BCUT2D eigenvalue weighted by atomic mass is 9.57. The summed E-state index contributed by atoms with van der Waals surface area (Å²) < 4.78 is 20.0. The Balaban J connectivity index is 0.00000196. The Morgan fingerprint density at radius 3 is 2.69 bits per heavy atom. The van der Waals surface area contributed by atoms with Crippen molar-refractivity contribution in [2.24, 2.45) is 16.3 Å². The van der Waals surface area contributed by atoms with E-state index in [0.717, 1.165) is 37.4 Å². The van der Waals surface area contributed by atoms with E-state index in [4.69, 9.17) is 4.74 Å². The first-order valence-electron chi connectivity index (χ1n) is 9.32. The summed E-state index contributed by atoms with van der Waals surface area (Å²) in [6.45, 7) is 6.09. The summed E-state index contributed by atoms with van der Waals surface area (Å²) in [6.07, 6.45) is 3.51. The second-order valence-electron chi connectivity index (χ2n) is 8.37. The Morgan fingerprint density at radius 2 is 2.04 bits per heavy atom. The second kappa shape index (κ2) is 7.26. The van der Waals surface area contributed by atoms with Crippen molar-refractivity contribution in [2.45, 2.75) is 50.7 Å². The highest BCUT2D eigenvalue weighted by molar-refractivity contribution is 14.0. The molecular weight excluding hydrogens is 444 g/mol. The molecule has 3 unspecified atom stereocenters. The smallest absolute Gasteiger partial charge is 0.191 e. The largest absolute Gasteiger partial charge is 0.377 e. The number of guanidine groups is 1. The van der Waals surface area contributed by atoms with Gasteiger partial charge in [0, 0.05) is 43.0 Å². The third-order valence-corrected chi connectivity index (χ3v) is 6.51. The quantitative estimate of drug-likeness (QED) is 0.400. The molecule has 26 heavy (non-hydrogen) atoms. The van der Waals surface area contributed by atoms with E-state index in [2.05, 4.69) is 29.5 Å². The van der Waals surface area contributed by atoms with Crippen LogP contribution in [0, 0.1) is 17.2 Å². The number of nitrogens with one attached hydrogen (secondary N) is 2. The molecule has 1 saturated heterocycles. The lowest BCUT2D eigenvalue weighted by molar-refractivity contribution is -0.106. The van der Waals surface area contributed by atoms with Gasteiger partial charge in [0.25, 0.3) is 0 Å². The summed E-state index contributed by atoms with van der Waals surface area (Å²) in [7, 11) is 1.80. The van der Waals surface area contributed by atoms with Crippen LogP contribution >= 0.6 is 24.0 Å². The van der Waals surface area contributed by atoms with Crippen LogP contribution in [0.2, 0.25) is 0 Å². The second-order valence-corrected chi connectivity index (χ2v) is 8.37. The van der Waals surface area contributed by atoms with Gasteiger partial charge in [-0.15, -0.1) is 24.0 Å². The van der Waals surface area contributed by atoms with Crippen LogP contribution in [0.25, 0.3) is 0 Å². The lowest BCUT2D eigenvalue weighted by Crippen LogP contribution is -2.68. The maximum absolute atomic E-state index is 14.2. The van der Waals surface area contributed by atoms with Crippen molar-refractivity contribution in [1.82, 2.24) is 10.6 Å². The van der Waals surface area contributed by atoms with Crippen LogP contribution < -0.4 is 10.6 Å². The molecule has 2 saturated carbocycles. The van der Waals surface area contributed by atoms with Crippen LogP contribution in [-0.4, -0.2) is 38.3 Å². The molecule has 4 rings (SSSR count). The molecule has 2 N–H and O–H groups in total. The molecule has 3 aliphatic rings. The van der Waals surface area contributed by atoms with E-state index in [1.54, 1.807) is 19.2 Å². The van der Waals surface area contributed by atoms with E-state index < -0.39 is 0 Å². The number of benzene rings is 1. The van der Waals surface area contributed by atoms with Gasteiger partial charge in [0.2, 0.25) is 0 Å². The first-order chi connectivity index (χ1) is 12.0. The number of hydrogen-bond donors (Lipinski definition) is 2. The monoisotopic (exact) mass is 473 g/mol. The summed E-state index contributed by atoms with van der Waals surface area (Å²) in [4.78, 5) is 4.40. The zero-order chi connectivity index (χ0) is 17.7. The highest BCUT2D eigenvalue weighted by atomic mass is 127. The van der Waals surface area contributed by atoms with Gasteiger partial charge in [0.05, 0.1) is 6.10 Å². The Kier molecular flexibility index (Phi) is 5.55. The van der Waals surface area contributed by atoms with Crippen molar-refractivity contribution in [3.8, 4) is 0 Å².